The number of rotatable bonds is 6. The highest BCUT2D eigenvalue weighted by atomic mass is 16.5. The van der Waals surface area contributed by atoms with Crippen molar-refractivity contribution in [3.05, 3.63) is 35.9 Å². The summed E-state index contributed by atoms with van der Waals surface area (Å²) >= 11 is 0. The molecule has 0 heterocycles. The molecule has 1 N–H and O–H groups in total. The van der Waals surface area contributed by atoms with Crippen LogP contribution in [0.1, 0.15) is 32.8 Å². The van der Waals surface area contributed by atoms with Crippen LogP contribution in [0.25, 0.3) is 0 Å². The molecule has 2 nitrogen and oxygen atoms in total. The van der Waals surface area contributed by atoms with Gasteiger partial charge in [0, 0.05) is 6.42 Å². The lowest BCUT2D eigenvalue weighted by Crippen LogP contribution is -2.37. The fourth-order valence-corrected chi connectivity index (χ4v) is 1.58. The van der Waals surface area contributed by atoms with Gasteiger partial charge >= 0.3 is 0 Å². The predicted molar refractivity (Wildman–Crippen MR) is 66.5 cm³/mol. The van der Waals surface area contributed by atoms with Gasteiger partial charge in [-0.2, -0.15) is 0 Å². The second kappa shape index (κ2) is 6.02. The number of hydrogen-bond acceptors (Lipinski definition) is 2. The van der Waals surface area contributed by atoms with Crippen molar-refractivity contribution in [1.29, 1.82) is 0 Å². The van der Waals surface area contributed by atoms with Crippen molar-refractivity contribution in [2.24, 2.45) is 0 Å². The smallest absolute Gasteiger partial charge is 0.0917 e. The maximum Gasteiger partial charge on any atom is 0.0917 e. The van der Waals surface area contributed by atoms with Crippen molar-refractivity contribution in [3.8, 4) is 0 Å². The molecule has 16 heavy (non-hydrogen) atoms. The Morgan fingerprint density at radius 2 is 1.88 bits per heavy atom. The molecule has 0 fully saturated rings. The Morgan fingerprint density at radius 3 is 2.38 bits per heavy atom. The van der Waals surface area contributed by atoms with Gasteiger partial charge in [-0.05, 0) is 25.8 Å². The van der Waals surface area contributed by atoms with Gasteiger partial charge in [0.2, 0.25) is 0 Å². The molecule has 1 aromatic rings. The molecule has 0 saturated heterocycles. The summed E-state index contributed by atoms with van der Waals surface area (Å²) in [4.78, 5) is 0. The molecule has 1 unspecified atom stereocenters. The summed E-state index contributed by atoms with van der Waals surface area (Å²) in [6.45, 7) is 6.36. The first-order valence-corrected chi connectivity index (χ1v) is 5.93. The van der Waals surface area contributed by atoms with Crippen LogP contribution in [0.3, 0.4) is 0 Å². The van der Waals surface area contributed by atoms with E-state index in [9.17, 15) is 5.11 Å². The van der Waals surface area contributed by atoms with E-state index in [2.05, 4.69) is 0 Å². The third-order valence-corrected chi connectivity index (χ3v) is 2.72. The van der Waals surface area contributed by atoms with Crippen LogP contribution in [0.2, 0.25) is 0 Å². The molecule has 0 saturated carbocycles. The van der Waals surface area contributed by atoms with Crippen LogP contribution in [0.15, 0.2) is 30.3 Å². The third-order valence-electron chi connectivity index (χ3n) is 2.72. The molecule has 0 amide bonds. The Bertz CT molecular complexity index is 295. The number of hydrogen-bond donors (Lipinski definition) is 1. The summed E-state index contributed by atoms with van der Waals surface area (Å²) in [5, 5.41) is 10.4. The van der Waals surface area contributed by atoms with Gasteiger partial charge in [-0.25, -0.2) is 0 Å². The van der Waals surface area contributed by atoms with Crippen molar-refractivity contribution < 1.29 is 9.84 Å². The summed E-state index contributed by atoms with van der Waals surface area (Å²) in [5.41, 5.74) is 0.408. The summed E-state index contributed by atoms with van der Waals surface area (Å²) in [7, 11) is 0. The highest BCUT2D eigenvalue weighted by Crippen LogP contribution is 2.18. The second-order valence-electron chi connectivity index (χ2n) is 4.60. The van der Waals surface area contributed by atoms with Gasteiger partial charge in [0.05, 0.1) is 18.3 Å². The third kappa shape index (κ3) is 4.33. The van der Waals surface area contributed by atoms with Gasteiger partial charge in [0.25, 0.3) is 0 Å². The van der Waals surface area contributed by atoms with E-state index in [4.69, 9.17) is 4.74 Å². The van der Waals surface area contributed by atoms with Gasteiger partial charge in [-0.15, -0.1) is 0 Å². The van der Waals surface area contributed by atoms with Gasteiger partial charge in [-0.3, -0.25) is 0 Å². The van der Waals surface area contributed by atoms with Crippen molar-refractivity contribution in [2.75, 3.05) is 6.61 Å². The zero-order valence-corrected chi connectivity index (χ0v) is 10.4. The minimum atomic E-state index is -0.744. The van der Waals surface area contributed by atoms with Crippen LogP contribution < -0.4 is 0 Å². The molecule has 0 aliphatic carbocycles. The summed E-state index contributed by atoms with van der Waals surface area (Å²) in [5.74, 6) is 0. The average molecular weight is 222 g/mol. The minimum absolute atomic E-state index is 0.161. The largest absolute Gasteiger partial charge is 0.387 e. The lowest BCUT2D eigenvalue weighted by molar-refractivity contribution is -0.0662. The molecule has 1 aromatic carbocycles. The first-order chi connectivity index (χ1) is 7.56. The molecule has 2 heteroatoms. The number of ether oxygens (including phenoxy) is 1. The van der Waals surface area contributed by atoms with E-state index in [1.54, 1.807) is 0 Å². The quantitative estimate of drug-likeness (QED) is 0.802. The Labute approximate surface area is 98.3 Å². The molecule has 1 atom stereocenters. The van der Waals surface area contributed by atoms with Gasteiger partial charge < -0.3 is 9.84 Å². The molecule has 90 valence electrons. The fourth-order valence-electron chi connectivity index (χ4n) is 1.58. The standard InChI is InChI=1S/C14H22O2/c1-4-14(15,11-16-12(2)3)10-13-8-6-5-7-9-13/h5-9,12,15H,4,10-11H2,1-3H3. The first-order valence-electron chi connectivity index (χ1n) is 5.93. The molecule has 0 bridgehead atoms. The van der Waals surface area contributed by atoms with Crippen LogP contribution >= 0.6 is 0 Å². The van der Waals surface area contributed by atoms with E-state index in [1.165, 1.54) is 0 Å². The van der Waals surface area contributed by atoms with Crippen LogP contribution in [-0.4, -0.2) is 23.4 Å². The molecule has 0 aromatic heterocycles. The lowest BCUT2D eigenvalue weighted by Gasteiger charge is -2.27. The normalized spacial score (nSPS) is 15.1. The van der Waals surface area contributed by atoms with E-state index in [-0.39, 0.29) is 6.10 Å². The lowest BCUT2D eigenvalue weighted by atomic mass is 9.93. The van der Waals surface area contributed by atoms with E-state index in [0.29, 0.717) is 19.4 Å². The molecule has 1 rings (SSSR count). The van der Waals surface area contributed by atoms with Crippen molar-refractivity contribution in [3.63, 3.8) is 0 Å². The molecule has 0 spiro atoms. The van der Waals surface area contributed by atoms with E-state index in [1.807, 2.05) is 51.1 Å². The predicted octanol–water partition coefficient (Wildman–Crippen LogP) is 2.80. The molecule has 0 aliphatic heterocycles. The van der Waals surface area contributed by atoms with Crippen LogP contribution in [0.4, 0.5) is 0 Å². The topological polar surface area (TPSA) is 29.5 Å². The molecule has 0 radical (unpaired) electrons. The zero-order valence-electron chi connectivity index (χ0n) is 10.4. The van der Waals surface area contributed by atoms with Crippen molar-refractivity contribution in [1.82, 2.24) is 0 Å². The van der Waals surface area contributed by atoms with Crippen LogP contribution in [-0.2, 0) is 11.2 Å². The van der Waals surface area contributed by atoms with Crippen molar-refractivity contribution >= 4 is 0 Å². The van der Waals surface area contributed by atoms with Gasteiger partial charge in [0.15, 0.2) is 0 Å². The Hall–Kier alpha value is -0.860. The molecular formula is C14H22O2. The average Bonchev–Trinajstić information content (AvgIpc) is 2.28. The highest BCUT2D eigenvalue weighted by Gasteiger charge is 2.25. The maximum atomic E-state index is 10.4. The monoisotopic (exact) mass is 222 g/mol. The van der Waals surface area contributed by atoms with E-state index in [0.717, 1.165) is 5.56 Å². The SMILES string of the molecule is CCC(O)(COC(C)C)Cc1ccccc1. The second-order valence-corrected chi connectivity index (χ2v) is 4.60. The first kappa shape index (κ1) is 13.2. The van der Waals surface area contributed by atoms with Gasteiger partial charge in [-0.1, -0.05) is 37.3 Å². The summed E-state index contributed by atoms with van der Waals surface area (Å²) in [6.07, 6.45) is 1.51. The summed E-state index contributed by atoms with van der Waals surface area (Å²) in [6, 6.07) is 10.1. The van der Waals surface area contributed by atoms with Crippen LogP contribution in [0, 0.1) is 0 Å². The fraction of sp³-hybridized carbons (Fsp3) is 0.571. The number of aliphatic hydroxyl groups is 1. The minimum Gasteiger partial charge on any atom is -0.387 e. The Kier molecular flexibility index (Phi) is 4.97. The van der Waals surface area contributed by atoms with E-state index < -0.39 is 5.60 Å². The Balaban J connectivity index is 2.59. The maximum absolute atomic E-state index is 10.4. The number of benzene rings is 1. The van der Waals surface area contributed by atoms with Crippen LogP contribution in [0.5, 0.6) is 0 Å². The summed E-state index contributed by atoms with van der Waals surface area (Å²) < 4.78 is 5.52. The Morgan fingerprint density at radius 1 is 1.25 bits per heavy atom. The van der Waals surface area contributed by atoms with Crippen molar-refractivity contribution in [2.45, 2.75) is 45.3 Å². The molecular weight excluding hydrogens is 200 g/mol. The zero-order chi connectivity index (χ0) is 12.0. The van der Waals surface area contributed by atoms with E-state index >= 15 is 0 Å². The highest BCUT2D eigenvalue weighted by molar-refractivity contribution is 5.17. The van der Waals surface area contributed by atoms with Gasteiger partial charge in [0.1, 0.15) is 0 Å². The molecule has 0 aliphatic rings.